The minimum absolute atomic E-state index is 0.0236. The maximum Gasteiger partial charge on any atom is 0.325 e. The zero-order chi connectivity index (χ0) is 22.3. The molecule has 1 aromatic carbocycles. The minimum atomic E-state index is -3.17. The van der Waals surface area contributed by atoms with E-state index in [9.17, 15) is 22.8 Å². The quantitative estimate of drug-likeness (QED) is 0.625. The number of likely N-dealkylation sites (N-methyl/N-ethyl adjacent to an activating group) is 1. The van der Waals surface area contributed by atoms with Gasteiger partial charge in [0, 0.05) is 13.1 Å². The Kier molecular flexibility index (Phi) is 5.68. The molecular formula is C19H25N3O7S. The molecular weight excluding hydrogens is 414 g/mol. The molecule has 2 unspecified atom stereocenters. The van der Waals surface area contributed by atoms with Crippen molar-refractivity contribution >= 4 is 27.7 Å². The lowest BCUT2D eigenvalue weighted by molar-refractivity contribution is -0.139. The lowest BCUT2D eigenvalue weighted by Crippen LogP contribution is -2.46. The molecule has 10 nitrogen and oxygen atoms in total. The summed E-state index contributed by atoms with van der Waals surface area (Å²) in [6.45, 7) is 1.08. The van der Waals surface area contributed by atoms with E-state index in [1.54, 1.807) is 25.1 Å². The fourth-order valence-corrected chi connectivity index (χ4v) is 5.49. The average Bonchev–Trinajstić information content (AvgIpc) is 3.18. The molecule has 3 rings (SSSR count). The Morgan fingerprint density at radius 3 is 2.50 bits per heavy atom. The van der Waals surface area contributed by atoms with Gasteiger partial charge in [-0.15, -0.1) is 0 Å². The van der Waals surface area contributed by atoms with Crippen molar-refractivity contribution in [1.29, 1.82) is 0 Å². The Morgan fingerprint density at radius 1 is 1.27 bits per heavy atom. The molecule has 0 aromatic heterocycles. The molecule has 2 saturated heterocycles. The first-order valence-electron chi connectivity index (χ1n) is 9.35. The van der Waals surface area contributed by atoms with E-state index in [1.807, 2.05) is 0 Å². The Labute approximate surface area is 175 Å². The molecule has 2 atom stereocenters. The van der Waals surface area contributed by atoms with Crippen LogP contribution in [-0.2, 0) is 25.0 Å². The van der Waals surface area contributed by atoms with Gasteiger partial charge in [0.2, 0.25) is 5.91 Å². The van der Waals surface area contributed by atoms with Gasteiger partial charge in [0.25, 0.3) is 5.91 Å². The van der Waals surface area contributed by atoms with Crippen molar-refractivity contribution in [1.82, 2.24) is 15.1 Å². The third kappa shape index (κ3) is 3.81. The van der Waals surface area contributed by atoms with E-state index in [1.165, 1.54) is 26.2 Å². The largest absolute Gasteiger partial charge is 0.493 e. The number of hydrogen-bond donors (Lipinski definition) is 1. The van der Waals surface area contributed by atoms with E-state index in [2.05, 4.69) is 5.32 Å². The highest BCUT2D eigenvalue weighted by Crippen LogP contribution is 2.35. The first kappa shape index (κ1) is 21.9. The molecule has 2 fully saturated rings. The van der Waals surface area contributed by atoms with Gasteiger partial charge in [0.05, 0.1) is 25.7 Å². The van der Waals surface area contributed by atoms with Gasteiger partial charge in [-0.05, 0) is 31.0 Å². The van der Waals surface area contributed by atoms with Crippen LogP contribution < -0.4 is 14.8 Å². The van der Waals surface area contributed by atoms with Crippen molar-refractivity contribution in [2.24, 2.45) is 0 Å². The summed E-state index contributed by atoms with van der Waals surface area (Å²) in [6, 6.07) is 3.71. The molecule has 2 aliphatic heterocycles. The lowest BCUT2D eigenvalue weighted by Gasteiger charge is -2.26. The molecule has 0 bridgehead atoms. The van der Waals surface area contributed by atoms with Crippen molar-refractivity contribution in [3.05, 3.63) is 23.8 Å². The third-order valence-corrected chi connectivity index (χ3v) is 7.43. The van der Waals surface area contributed by atoms with E-state index < -0.39 is 45.8 Å². The number of benzene rings is 1. The number of carbonyl (C=O) groups excluding carboxylic acids is 3. The molecule has 2 aliphatic rings. The van der Waals surface area contributed by atoms with Crippen LogP contribution in [0.2, 0.25) is 0 Å². The number of nitrogens with one attached hydrogen (secondary N) is 1. The Morgan fingerprint density at radius 2 is 1.93 bits per heavy atom. The predicted octanol–water partition coefficient (Wildman–Crippen LogP) is 0.116. The number of amides is 4. The molecule has 1 aromatic rings. The van der Waals surface area contributed by atoms with Crippen LogP contribution in [0.1, 0.15) is 18.9 Å². The fourth-order valence-electron chi connectivity index (χ4n) is 3.71. The second kappa shape index (κ2) is 7.78. The van der Waals surface area contributed by atoms with Gasteiger partial charge in [-0.1, -0.05) is 6.07 Å². The Bertz CT molecular complexity index is 994. The summed E-state index contributed by atoms with van der Waals surface area (Å²) < 4.78 is 33.8. The van der Waals surface area contributed by atoms with Gasteiger partial charge >= 0.3 is 6.03 Å². The van der Waals surface area contributed by atoms with E-state index in [0.29, 0.717) is 23.5 Å². The first-order valence-corrected chi connectivity index (χ1v) is 11.2. The van der Waals surface area contributed by atoms with Crippen LogP contribution in [0.25, 0.3) is 0 Å². The number of hydrogen-bond acceptors (Lipinski definition) is 7. The van der Waals surface area contributed by atoms with E-state index in [0.717, 1.165) is 4.90 Å². The summed E-state index contributed by atoms with van der Waals surface area (Å²) in [4.78, 5) is 40.4. The summed E-state index contributed by atoms with van der Waals surface area (Å²) in [7, 11) is 1.27. The van der Waals surface area contributed by atoms with Crippen LogP contribution in [0.4, 0.5) is 4.79 Å². The molecule has 11 heteroatoms. The zero-order valence-corrected chi connectivity index (χ0v) is 18.1. The van der Waals surface area contributed by atoms with Gasteiger partial charge in [0.15, 0.2) is 21.3 Å². The maximum absolute atomic E-state index is 13.1. The van der Waals surface area contributed by atoms with Crippen LogP contribution in [0, 0.1) is 0 Å². The Balaban J connectivity index is 1.78. The van der Waals surface area contributed by atoms with Crippen LogP contribution in [0.3, 0.4) is 0 Å². The SMILES string of the molecule is COc1ccc(C2(C)NC(=O)N(CC(=O)N(C)C3CCS(=O)(=O)C3)C2=O)cc1OC. The number of nitrogens with zero attached hydrogens (tertiary/aromatic N) is 2. The van der Waals surface area contributed by atoms with Crippen molar-refractivity contribution < 1.29 is 32.3 Å². The fraction of sp³-hybridized carbons (Fsp3) is 0.526. The van der Waals surface area contributed by atoms with Gasteiger partial charge in [-0.2, -0.15) is 0 Å². The second-order valence-corrected chi connectivity index (χ2v) is 9.81. The van der Waals surface area contributed by atoms with E-state index >= 15 is 0 Å². The van der Waals surface area contributed by atoms with Gasteiger partial charge in [-0.25, -0.2) is 13.2 Å². The van der Waals surface area contributed by atoms with Gasteiger partial charge in [-0.3, -0.25) is 14.5 Å². The average molecular weight is 439 g/mol. The number of imide groups is 1. The molecule has 2 heterocycles. The van der Waals surface area contributed by atoms with Crippen LogP contribution in [0.15, 0.2) is 18.2 Å². The number of ether oxygens (including phenoxy) is 2. The molecule has 30 heavy (non-hydrogen) atoms. The van der Waals surface area contributed by atoms with E-state index in [-0.39, 0.29) is 11.5 Å². The standard InChI is InChI=1S/C19H25N3O7S/c1-19(12-5-6-14(28-3)15(9-12)29-4)17(24)22(18(25)20-19)10-16(23)21(2)13-7-8-30(26,27)11-13/h5-6,9,13H,7-8,10-11H2,1-4H3,(H,20,25). The second-order valence-electron chi connectivity index (χ2n) is 7.58. The summed E-state index contributed by atoms with van der Waals surface area (Å²) in [5.41, 5.74) is -0.907. The Hall–Kier alpha value is -2.82. The highest BCUT2D eigenvalue weighted by atomic mass is 32.2. The molecule has 0 aliphatic carbocycles. The van der Waals surface area contributed by atoms with Crippen LogP contribution in [-0.4, -0.2) is 81.4 Å². The number of urea groups is 1. The summed E-state index contributed by atoms with van der Waals surface area (Å²) in [5, 5.41) is 2.64. The van der Waals surface area contributed by atoms with Crippen LogP contribution >= 0.6 is 0 Å². The number of sulfone groups is 1. The first-order chi connectivity index (χ1) is 14.0. The highest BCUT2D eigenvalue weighted by molar-refractivity contribution is 7.91. The molecule has 164 valence electrons. The number of carbonyl (C=O) groups is 3. The topological polar surface area (TPSA) is 122 Å². The lowest BCUT2D eigenvalue weighted by atomic mass is 9.91. The molecule has 0 spiro atoms. The molecule has 0 saturated carbocycles. The van der Waals surface area contributed by atoms with Crippen molar-refractivity contribution in [2.45, 2.75) is 24.9 Å². The predicted molar refractivity (Wildman–Crippen MR) is 107 cm³/mol. The zero-order valence-electron chi connectivity index (χ0n) is 17.3. The molecule has 4 amide bonds. The van der Waals surface area contributed by atoms with Gasteiger partial charge < -0.3 is 19.7 Å². The number of methoxy groups -OCH3 is 2. The maximum atomic E-state index is 13.1. The monoisotopic (exact) mass is 439 g/mol. The van der Waals surface area contributed by atoms with Gasteiger partial charge in [0.1, 0.15) is 12.1 Å². The van der Waals surface area contributed by atoms with Crippen molar-refractivity contribution in [3.8, 4) is 11.5 Å². The smallest absolute Gasteiger partial charge is 0.325 e. The summed E-state index contributed by atoms with van der Waals surface area (Å²) in [5.74, 6) is -0.302. The summed E-state index contributed by atoms with van der Waals surface area (Å²) in [6.07, 6.45) is 0.341. The minimum Gasteiger partial charge on any atom is -0.493 e. The molecule has 1 N–H and O–H groups in total. The highest BCUT2D eigenvalue weighted by Gasteiger charge is 2.50. The van der Waals surface area contributed by atoms with Crippen molar-refractivity contribution in [2.75, 3.05) is 39.3 Å². The molecule has 0 radical (unpaired) electrons. The van der Waals surface area contributed by atoms with Crippen molar-refractivity contribution in [3.63, 3.8) is 0 Å². The third-order valence-electron chi connectivity index (χ3n) is 5.68. The summed E-state index contributed by atoms with van der Waals surface area (Å²) >= 11 is 0. The van der Waals surface area contributed by atoms with E-state index in [4.69, 9.17) is 9.47 Å². The number of rotatable bonds is 6. The van der Waals surface area contributed by atoms with Crippen LogP contribution in [0.5, 0.6) is 11.5 Å². The normalized spacial score (nSPS) is 25.2.